The molecule has 3 aliphatic rings. The number of ether oxygens (including phenoxy) is 2. The summed E-state index contributed by atoms with van der Waals surface area (Å²) in [6.45, 7) is 6.40. The van der Waals surface area contributed by atoms with Crippen LogP contribution >= 0.6 is 0 Å². The smallest absolute Gasteiger partial charge is 0.257 e. The van der Waals surface area contributed by atoms with Crippen LogP contribution in [0, 0.1) is 11.8 Å². The molecule has 1 aromatic carbocycles. The summed E-state index contributed by atoms with van der Waals surface area (Å²) >= 11 is 0. The van der Waals surface area contributed by atoms with E-state index in [0.29, 0.717) is 12.5 Å². The Balaban J connectivity index is 1.24. The van der Waals surface area contributed by atoms with Gasteiger partial charge in [-0.3, -0.25) is 4.90 Å². The summed E-state index contributed by atoms with van der Waals surface area (Å²) in [6, 6.07) is 12.5. The lowest BCUT2D eigenvalue weighted by atomic mass is 10.0. The van der Waals surface area contributed by atoms with Crippen molar-refractivity contribution in [3.63, 3.8) is 0 Å². The Labute approximate surface area is 148 Å². The number of nitrogens with one attached hydrogen (secondary N) is 1. The van der Waals surface area contributed by atoms with Crippen molar-refractivity contribution in [1.29, 1.82) is 0 Å². The standard InChI is InChI=1S/C20H23N3O2/c1-2-18-20(22-7-1)25-19(13-24-18)15-5-3-14(4-6-15)10-23-11-16-8-21-9-17(16)12-23/h1-7,16-17,19,21H,8-13H2. The molecule has 3 aliphatic heterocycles. The van der Waals surface area contributed by atoms with Gasteiger partial charge in [-0.1, -0.05) is 24.3 Å². The highest BCUT2D eigenvalue weighted by atomic mass is 16.6. The molecule has 3 atom stereocenters. The van der Waals surface area contributed by atoms with E-state index in [1.165, 1.54) is 31.7 Å². The number of rotatable bonds is 3. The minimum atomic E-state index is -0.0892. The van der Waals surface area contributed by atoms with Crippen LogP contribution in [0.15, 0.2) is 42.6 Å². The minimum absolute atomic E-state index is 0.0892. The fourth-order valence-electron chi connectivity index (χ4n) is 4.25. The summed E-state index contributed by atoms with van der Waals surface area (Å²) in [5.41, 5.74) is 2.51. The number of hydrogen-bond donors (Lipinski definition) is 1. The predicted molar refractivity (Wildman–Crippen MR) is 94.7 cm³/mol. The van der Waals surface area contributed by atoms with Gasteiger partial charge < -0.3 is 14.8 Å². The van der Waals surface area contributed by atoms with Crippen molar-refractivity contribution in [3.8, 4) is 11.6 Å². The average Bonchev–Trinajstić information content (AvgIpc) is 3.23. The van der Waals surface area contributed by atoms with Gasteiger partial charge in [0.15, 0.2) is 11.9 Å². The lowest BCUT2D eigenvalue weighted by Gasteiger charge is -2.26. The summed E-state index contributed by atoms with van der Waals surface area (Å²) in [5, 5.41) is 3.50. The summed E-state index contributed by atoms with van der Waals surface area (Å²) < 4.78 is 11.8. The van der Waals surface area contributed by atoms with Crippen molar-refractivity contribution in [1.82, 2.24) is 15.2 Å². The monoisotopic (exact) mass is 337 g/mol. The minimum Gasteiger partial charge on any atom is -0.484 e. The maximum absolute atomic E-state index is 5.99. The molecule has 0 bridgehead atoms. The zero-order chi connectivity index (χ0) is 16.6. The van der Waals surface area contributed by atoms with Crippen molar-refractivity contribution >= 4 is 0 Å². The third-order valence-electron chi connectivity index (χ3n) is 5.60. The lowest BCUT2D eigenvalue weighted by Crippen LogP contribution is -2.25. The molecular formula is C20H23N3O2. The van der Waals surface area contributed by atoms with Gasteiger partial charge in [-0.05, 0) is 48.2 Å². The van der Waals surface area contributed by atoms with Crippen LogP contribution in [0.25, 0.3) is 0 Å². The zero-order valence-electron chi connectivity index (χ0n) is 14.2. The van der Waals surface area contributed by atoms with Crippen LogP contribution in [0.1, 0.15) is 17.2 Å². The van der Waals surface area contributed by atoms with Crippen molar-refractivity contribution in [2.45, 2.75) is 12.6 Å². The van der Waals surface area contributed by atoms with Crippen LogP contribution in [0.5, 0.6) is 11.6 Å². The molecule has 25 heavy (non-hydrogen) atoms. The van der Waals surface area contributed by atoms with Gasteiger partial charge in [0.05, 0.1) is 0 Å². The van der Waals surface area contributed by atoms with Gasteiger partial charge in [-0.15, -0.1) is 0 Å². The highest BCUT2D eigenvalue weighted by Crippen LogP contribution is 2.34. The first-order chi connectivity index (χ1) is 12.3. The normalized spacial score (nSPS) is 28.1. The molecule has 0 amide bonds. The van der Waals surface area contributed by atoms with Crippen molar-refractivity contribution in [2.24, 2.45) is 11.8 Å². The molecule has 0 radical (unpaired) electrons. The van der Waals surface area contributed by atoms with Gasteiger partial charge in [0.25, 0.3) is 5.88 Å². The van der Waals surface area contributed by atoms with Crippen LogP contribution in [0.4, 0.5) is 0 Å². The van der Waals surface area contributed by atoms with Crippen LogP contribution in [-0.2, 0) is 6.54 Å². The molecule has 130 valence electrons. The van der Waals surface area contributed by atoms with E-state index in [9.17, 15) is 0 Å². The van der Waals surface area contributed by atoms with Crippen molar-refractivity contribution < 1.29 is 9.47 Å². The molecule has 2 aromatic rings. The summed E-state index contributed by atoms with van der Waals surface area (Å²) in [5.74, 6) is 3.00. The summed E-state index contributed by atoms with van der Waals surface area (Å²) in [6.07, 6.45) is 1.64. The molecule has 4 heterocycles. The zero-order valence-corrected chi connectivity index (χ0v) is 14.2. The first-order valence-corrected chi connectivity index (χ1v) is 9.11. The summed E-state index contributed by atoms with van der Waals surface area (Å²) in [7, 11) is 0. The predicted octanol–water partition coefficient (Wildman–Crippen LogP) is 2.25. The van der Waals surface area contributed by atoms with Gasteiger partial charge in [0.1, 0.15) is 6.61 Å². The largest absolute Gasteiger partial charge is 0.484 e. The second-order valence-electron chi connectivity index (χ2n) is 7.34. The van der Waals surface area contributed by atoms with Crippen molar-refractivity contribution in [3.05, 3.63) is 53.7 Å². The van der Waals surface area contributed by atoms with Crippen LogP contribution < -0.4 is 14.8 Å². The topological polar surface area (TPSA) is 46.6 Å². The third-order valence-corrected chi connectivity index (χ3v) is 5.60. The number of nitrogens with zero attached hydrogens (tertiary/aromatic N) is 2. The molecule has 0 aliphatic carbocycles. The molecule has 5 heteroatoms. The van der Waals surface area contributed by atoms with Crippen LogP contribution in [0.2, 0.25) is 0 Å². The molecule has 2 saturated heterocycles. The average molecular weight is 337 g/mol. The Kier molecular flexibility index (Phi) is 3.83. The fraction of sp³-hybridized carbons (Fsp3) is 0.450. The van der Waals surface area contributed by atoms with E-state index >= 15 is 0 Å². The maximum atomic E-state index is 5.99. The SMILES string of the molecule is c1cnc2c(c1)OCC(c1ccc(CN3CC4CNCC4C3)cc1)O2. The second kappa shape index (κ2) is 6.32. The van der Waals surface area contributed by atoms with E-state index in [-0.39, 0.29) is 6.10 Å². The number of likely N-dealkylation sites (tertiary alicyclic amines) is 1. The molecule has 3 unspecified atom stereocenters. The first-order valence-electron chi connectivity index (χ1n) is 9.11. The molecule has 5 rings (SSSR count). The highest BCUT2D eigenvalue weighted by molar-refractivity contribution is 5.36. The van der Waals surface area contributed by atoms with Gasteiger partial charge >= 0.3 is 0 Å². The number of pyridine rings is 1. The van der Waals surface area contributed by atoms with Crippen LogP contribution in [0.3, 0.4) is 0 Å². The maximum Gasteiger partial charge on any atom is 0.257 e. The van der Waals surface area contributed by atoms with Gasteiger partial charge in [-0.2, -0.15) is 0 Å². The molecule has 5 nitrogen and oxygen atoms in total. The number of benzene rings is 1. The number of fused-ring (bicyclic) bond motifs is 2. The van der Waals surface area contributed by atoms with E-state index in [1.54, 1.807) is 6.20 Å². The van der Waals surface area contributed by atoms with Gasteiger partial charge in [-0.25, -0.2) is 4.98 Å². The Morgan fingerprint density at radius 1 is 1.08 bits per heavy atom. The van der Waals surface area contributed by atoms with Crippen molar-refractivity contribution in [2.75, 3.05) is 32.8 Å². The molecule has 2 fully saturated rings. The molecule has 1 N–H and O–H groups in total. The third kappa shape index (κ3) is 2.98. The number of hydrogen-bond acceptors (Lipinski definition) is 5. The van der Waals surface area contributed by atoms with Gasteiger partial charge in [0.2, 0.25) is 0 Å². The summed E-state index contributed by atoms with van der Waals surface area (Å²) in [4.78, 5) is 6.84. The molecule has 0 saturated carbocycles. The molecule has 0 spiro atoms. The number of aromatic nitrogens is 1. The molecule has 1 aromatic heterocycles. The Morgan fingerprint density at radius 3 is 2.68 bits per heavy atom. The highest BCUT2D eigenvalue weighted by Gasteiger charge is 2.35. The van der Waals surface area contributed by atoms with E-state index in [0.717, 1.165) is 29.7 Å². The van der Waals surface area contributed by atoms with E-state index in [1.807, 2.05) is 12.1 Å². The van der Waals surface area contributed by atoms with E-state index < -0.39 is 0 Å². The molecular weight excluding hydrogens is 314 g/mol. The van der Waals surface area contributed by atoms with Gasteiger partial charge in [0, 0.05) is 25.8 Å². The quantitative estimate of drug-likeness (QED) is 0.931. The fourth-order valence-corrected chi connectivity index (χ4v) is 4.25. The lowest BCUT2D eigenvalue weighted by molar-refractivity contribution is 0.0851. The van der Waals surface area contributed by atoms with E-state index in [2.05, 4.69) is 39.5 Å². The van der Waals surface area contributed by atoms with E-state index in [4.69, 9.17) is 9.47 Å². The Bertz CT molecular complexity index is 737. The first kappa shape index (κ1) is 15.2. The second-order valence-corrected chi connectivity index (χ2v) is 7.34. The Morgan fingerprint density at radius 2 is 1.88 bits per heavy atom. The Hall–Kier alpha value is -2.11. The van der Waals surface area contributed by atoms with Crippen LogP contribution in [-0.4, -0.2) is 42.7 Å².